The van der Waals surface area contributed by atoms with Crippen LogP contribution in [0.5, 0.6) is 0 Å². The molecule has 1 saturated carbocycles. The summed E-state index contributed by atoms with van der Waals surface area (Å²) < 4.78 is 33.5. The third kappa shape index (κ3) is 28.7. The second-order valence-corrected chi connectivity index (χ2v) is 18.0. The molecule has 0 heterocycles. The molecule has 0 spiro atoms. The number of carbonyl (C=O) groups is 2. The van der Waals surface area contributed by atoms with Crippen LogP contribution in [0.2, 0.25) is 0 Å². The molecule has 1 rings (SSSR count). The fourth-order valence-corrected chi connectivity index (χ4v) is 8.26. The molecule has 59 heavy (non-hydrogen) atoms. The van der Waals surface area contributed by atoms with Gasteiger partial charge in [-0.1, -0.05) is 167 Å². The van der Waals surface area contributed by atoms with Crippen molar-refractivity contribution in [3.05, 3.63) is 12.2 Å². The van der Waals surface area contributed by atoms with Crippen LogP contribution in [0, 0.1) is 0 Å². The molecule has 6 N–H and O–H groups in total. The van der Waals surface area contributed by atoms with Crippen LogP contribution in [0.3, 0.4) is 0 Å². The van der Waals surface area contributed by atoms with Gasteiger partial charge in [0, 0.05) is 12.8 Å². The maximum Gasteiger partial charge on any atom is 0.472 e. The first-order valence-electron chi connectivity index (χ1n) is 23.5. The molecule has 8 atom stereocenters. The molecule has 0 bridgehead atoms. The van der Waals surface area contributed by atoms with Crippen LogP contribution in [0.25, 0.3) is 0 Å². The highest BCUT2D eigenvalue weighted by Crippen LogP contribution is 2.47. The third-order valence-corrected chi connectivity index (χ3v) is 12.1. The van der Waals surface area contributed by atoms with Gasteiger partial charge in [0.05, 0.1) is 6.61 Å². The third-order valence-electron chi connectivity index (χ3n) is 11.1. The van der Waals surface area contributed by atoms with Crippen molar-refractivity contribution in [1.29, 1.82) is 0 Å². The van der Waals surface area contributed by atoms with E-state index < -0.39 is 75.7 Å². The monoisotopic (exact) mass is 865 g/mol. The number of carbonyl (C=O) groups excluding carboxylic acids is 2. The maximum atomic E-state index is 12.8. The van der Waals surface area contributed by atoms with Crippen molar-refractivity contribution in [2.45, 2.75) is 249 Å². The summed E-state index contributed by atoms with van der Waals surface area (Å²) in [6.07, 6.45) is 24.1. The van der Waals surface area contributed by atoms with Crippen molar-refractivity contribution in [2.75, 3.05) is 13.2 Å². The Balaban J connectivity index is 2.45. The molecule has 0 amide bonds. The zero-order valence-electron chi connectivity index (χ0n) is 36.8. The minimum Gasteiger partial charge on any atom is -0.462 e. The number of unbranched alkanes of at least 4 members (excludes halogenated alkanes) is 25. The Bertz CT molecular complexity index is 1090. The van der Waals surface area contributed by atoms with E-state index in [4.69, 9.17) is 18.5 Å². The number of hydrogen-bond donors (Lipinski definition) is 6. The standard InChI is InChI=1S/C45H85O13P/c1-3-5-7-9-11-13-15-17-19-21-23-25-27-29-31-33-38(46)55-35-37(36-56-59(53,54)58-45-43(51)41(49)40(48)42(50)44(45)52)57-39(47)34-32-30-28-26-24-22-20-18-16-14-12-10-8-6-4-2/h20,22,37,40-45,48-52H,3-19,21,23-36H2,1-2H3,(H,53,54)/b22-20+/t37-,40?,41-,42+,43-,44-,45?/m1/s1. The topological polar surface area (TPSA) is 210 Å². The second kappa shape index (κ2) is 36.1. The largest absolute Gasteiger partial charge is 0.472 e. The number of phosphoric ester groups is 1. The van der Waals surface area contributed by atoms with Crippen molar-refractivity contribution in [3.63, 3.8) is 0 Å². The Morgan fingerprint density at radius 1 is 0.508 bits per heavy atom. The van der Waals surface area contributed by atoms with Gasteiger partial charge >= 0.3 is 19.8 Å². The highest BCUT2D eigenvalue weighted by atomic mass is 31.2. The zero-order valence-corrected chi connectivity index (χ0v) is 37.7. The predicted octanol–water partition coefficient (Wildman–Crippen LogP) is 9.06. The van der Waals surface area contributed by atoms with Gasteiger partial charge in [-0.25, -0.2) is 4.57 Å². The van der Waals surface area contributed by atoms with E-state index in [0.717, 1.165) is 51.4 Å². The van der Waals surface area contributed by atoms with Gasteiger partial charge in [-0.15, -0.1) is 0 Å². The quantitative estimate of drug-likeness (QED) is 0.0148. The van der Waals surface area contributed by atoms with Crippen molar-refractivity contribution in [2.24, 2.45) is 0 Å². The fraction of sp³-hybridized carbons (Fsp3) is 0.911. The molecule has 0 radical (unpaired) electrons. The minimum absolute atomic E-state index is 0.0868. The zero-order chi connectivity index (χ0) is 43.6. The van der Waals surface area contributed by atoms with Crippen molar-refractivity contribution in [1.82, 2.24) is 0 Å². The molecular formula is C45H85O13P. The summed E-state index contributed by atoms with van der Waals surface area (Å²) >= 11 is 0. The Labute approximate surface area is 356 Å². The van der Waals surface area contributed by atoms with E-state index in [9.17, 15) is 44.6 Å². The lowest BCUT2D eigenvalue weighted by Gasteiger charge is -2.41. The van der Waals surface area contributed by atoms with E-state index in [2.05, 4.69) is 26.0 Å². The number of aliphatic hydroxyl groups is 5. The first-order chi connectivity index (χ1) is 28.4. The van der Waals surface area contributed by atoms with Gasteiger partial charge in [0.15, 0.2) is 6.10 Å². The molecule has 1 aliphatic carbocycles. The predicted molar refractivity (Wildman–Crippen MR) is 231 cm³/mol. The average Bonchev–Trinajstić information content (AvgIpc) is 3.21. The number of esters is 2. The lowest BCUT2D eigenvalue weighted by molar-refractivity contribution is -0.220. The van der Waals surface area contributed by atoms with Crippen molar-refractivity contribution >= 4 is 19.8 Å². The Morgan fingerprint density at radius 2 is 0.864 bits per heavy atom. The van der Waals surface area contributed by atoms with Crippen LogP contribution in [0.15, 0.2) is 12.2 Å². The summed E-state index contributed by atoms with van der Waals surface area (Å²) in [4.78, 5) is 35.7. The van der Waals surface area contributed by atoms with E-state index in [1.54, 1.807) is 0 Å². The van der Waals surface area contributed by atoms with Gasteiger partial charge in [0.25, 0.3) is 0 Å². The second-order valence-electron chi connectivity index (χ2n) is 16.6. The van der Waals surface area contributed by atoms with Gasteiger partial charge < -0.3 is 39.9 Å². The lowest BCUT2D eigenvalue weighted by Crippen LogP contribution is -2.64. The van der Waals surface area contributed by atoms with Gasteiger partial charge in [-0.3, -0.25) is 18.6 Å². The number of aliphatic hydroxyl groups excluding tert-OH is 5. The number of ether oxygens (including phenoxy) is 2. The van der Waals surface area contributed by atoms with Crippen LogP contribution in [-0.4, -0.2) is 98.3 Å². The summed E-state index contributed by atoms with van der Waals surface area (Å²) in [5.41, 5.74) is 0. The molecule has 0 aliphatic heterocycles. The SMILES string of the molecule is CCCCCCCCC/C=C/CCCCCCC(=O)O[C@H](COC(=O)CCCCCCCCCCCCCCCCC)COP(=O)(O)OC1[C@H](O)[C@H](O)C(O)[C@H](O)[C@H]1O. The molecule has 3 unspecified atom stereocenters. The fourth-order valence-electron chi connectivity index (χ4n) is 7.28. The molecule has 0 aromatic carbocycles. The lowest BCUT2D eigenvalue weighted by atomic mass is 9.85. The van der Waals surface area contributed by atoms with Crippen LogP contribution in [-0.2, 0) is 32.7 Å². The average molecular weight is 865 g/mol. The van der Waals surface area contributed by atoms with Crippen LogP contribution in [0.1, 0.15) is 206 Å². The Hall–Kier alpha value is -1.41. The van der Waals surface area contributed by atoms with E-state index in [1.165, 1.54) is 116 Å². The molecular weight excluding hydrogens is 779 g/mol. The van der Waals surface area contributed by atoms with Gasteiger partial charge in [0.1, 0.15) is 43.2 Å². The summed E-state index contributed by atoms with van der Waals surface area (Å²) in [7, 11) is -5.11. The molecule has 0 saturated heterocycles. The smallest absolute Gasteiger partial charge is 0.462 e. The first kappa shape index (κ1) is 55.6. The highest BCUT2D eigenvalue weighted by molar-refractivity contribution is 7.47. The van der Waals surface area contributed by atoms with Crippen molar-refractivity contribution < 1.29 is 63.1 Å². The molecule has 14 heteroatoms. The van der Waals surface area contributed by atoms with E-state index in [0.29, 0.717) is 12.8 Å². The maximum absolute atomic E-state index is 12.8. The van der Waals surface area contributed by atoms with Crippen LogP contribution in [0.4, 0.5) is 0 Å². The normalized spacial score (nSPS) is 22.4. The van der Waals surface area contributed by atoms with Gasteiger partial charge in [-0.05, 0) is 38.5 Å². The number of allylic oxidation sites excluding steroid dienone is 2. The Kier molecular flexibility index (Phi) is 34.0. The van der Waals surface area contributed by atoms with E-state index in [-0.39, 0.29) is 12.8 Å². The summed E-state index contributed by atoms with van der Waals surface area (Å²) in [5.74, 6) is -1.10. The summed E-state index contributed by atoms with van der Waals surface area (Å²) in [6.45, 7) is 3.30. The first-order valence-corrected chi connectivity index (χ1v) is 25.0. The Morgan fingerprint density at radius 3 is 1.29 bits per heavy atom. The molecule has 1 aliphatic rings. The van der Waals surface area contributed by atoms with Gasteiger partial charge in [-0.2, -0.15) is 0 Å². The summed E-state index contributed by atoms with van der Waals surface area (Å²) in [6, 6.07) is 0. The number of phosphoric acid groups is 1. The number of rotatable bonds is 39. The van der Waals surface area contributed by atoms with Crippen LogP contribution >= 0.6 is 7.82 Å². The molecule has 1 fully saturated rings. The van der Waals surface area contributed by atoms with E-state index in [1.807, 2.05) is 0 Å². The molecule has 348 valence electrons. The number of hydrogen-bond acceptors (Lipinski definition) is 12. The molecule has 0 aromatic heterocycles. The summed E-state index contributed by atoms with van der Waals surface area (Å²) in [5, 5.41) is 50.1. The van der Waals surface area contributed by atoms with Crippen LogP contribution < -0.4 is 0 Å². The molecule has 13 nitrogen and oxygen atoms in total. The minimum atomic E-state index is -5.11. The van der Waals surface area contributed by atoms with E-state index >= 15 is 0 Å². The highest BCUT2D eigenvalue weighted by Gasteiger charge is 2.51. The van der Waals surface area contributed by atoms with Gasteiger partial charge in [0.2, 0.25) is 0 Å². The van der Waals surface area contributed by atoms with Crippen molar-refractivity contribution in [3.8, 4) is 0 Å². The molecule has 0 aromatic rings.